The second-order valence-corrected chi connectivity index (χ2v) is 6.20. The third kappa shape index (κ3) is 5.84. The van der Waals surface area contributed by atoms with Crippen LogP contribution in [0.25, 0.3) is 0 Å². The van der Waals surface area contributed by atoms with Gasteiger partial charge in [-0.3, -0.25) is 9.59 Å². The minimum absolute atomic E-state index is 0.290. The molecule has 0 aromatic heterocycles. The largest absolute Gasteiger partial charge is 0.497 e. The molecular weight excluding hydrogens is 360 g/mol. The number of methoxy groups -OCH3 is 2. The lowest BCUT2D eigenvalue weighted by molar-refractivity contribution is -0.145. The molecule has 0 aliphatic carbocycles. The van der Waals surface area contributed by atoms with Gasteiger partial charge in [0.15, 0.2) is 0 Å². The van der Waals surface area contributed by atoms with Crippen molar-refractivity contribution in [1.29, 1.82) is 0 Å². The van der Waals surface area contributed by atoms with Gasteiger partial charge in [0.1, 0.15) is 17.8 Å². The first-order chi connectivity index (χ1) is 13.4. The summed E-state index contributed by atoms with van der Waals surface area (Å²) in [7, 11) is 2.80. The number of benzene rings is 2. The summed E-state index contributed by atoms with van der Waals surface area (Å²) in [6.07, 6.45) is 0.290. The molecule has 7 nitrogen and oxygen atoms in total. The first-order valence-electron chi connectivity index (χ1n) is 8.81. The Morgan fingerprint density at radius 1 is 0.929 bits per heavy atom. The first kappa shape index (κ1) is 21.0. The van der Waals surface area contributed by atoms with Crippen LogP contribution in [0.15, 0.2) is 54.6 Å². The maximum atomic E-state index is 12.5. The minimum atomic E-state index is -0.847. The van der Waals surface area contributed by atoms with Gasteiger partial charge in [-0.05, 0) is 36.8 Å². The molecule has 2 atom stereocenters. The average molecular weight is 384 g/mol. The molecule has 148 valence electrons. The predicted molar refractivity (Wildman–Crippen MR) is 104 cm³/mol. The summed E-state index contributed by atoms with van der Waals surface area (Å²) in [5.41, 5.74) is 1.28. The second-order valence-electron chi connectivity index (χ2n) is 6.20. The number of amides is 2. The average Bonchev–Trinajstić information content (AvgIpc) is 2.73. The molecule has 2 amide bonds. The van der Waals surface area contributed by atoms with Gasteiger partial charge in [0.2, 0.25) is 5.91 Å². The Labute approximate surface area is 164 Å². The first-order valence-corrected chi connectivity index (χ1v) is 8.81. The lowest BCUT2D eigenvalue weighted by atomic mass is 10.1. The zero-order valence-electron chi connectivity index (χ0n) is 16.1. The van der Waals surface area contributed by atoms with Gasteiger partial charge in [0, 0.05) is 12.0 Å². The van der Waals surface area contributed by atoms with Gasteiger partial charge in [-0.15, -0.1) is 0 Å². The molecule has 0 aliphatic rings. The lowest BCUT2D eigenvalue weighted by Gasteiger charge is -2.20. The van der Waals surface area contributed by atoms with Crippen LogP contribution in [0, 0.1) is 0 Å². The van der Waals surface area contributed by atoms with E-state index in [-0.39, 0.29) is 0 Å². The number of nitrogens with one attached hydrogen (secondary N) is 2. The highest BCUT2D eigenvalue weighted by Gasteiger charge is 2.25. The molecule has 0 aliphatic heterocycles. The van der Waals surface area contributed by atoms with E-state index in [1.165, 1.54) is 14.2 Å². The Kier molecular flexibility index (Phi) is 7.56. The van der Waals surface area contributed by atoms with E-state index in [0.717, 1.165) is 5.56 Å². The fourth-order valence-corrected chi connectivity index (χ4v) is 2.57. The molecule has 0 bridgehead atoms. The van der Waals surface area contributed by atoms with Crippen LogP contribution in [-0.4, -0.2) is 44.1 Å². The van der Waals surface area contributed by atoms with Gasteiger partial charge in [0.05, 0.1) is 14.2 Å². The predicted octanol–water partition coefficient (Wildman–Crippen LogP) is 1.71. The summed E-state index contributed by atoms with van der Waals surface area (Å²) < 4.78 is 9.84. The van der Waals surface area contributed by atoms with E-state index >= 15 is 0 Å². The zero-order valence-corrected chi connectivity index (χ0v) is 16.1. The third-order valence-corrected chi connectivity index (χ3v) is 4.18. The molecule has 7 heteroatoms. The monoisotopic (exact) mass is 384 g/mol. The lowest BCUT2D eigenvalue weighted by Crippen LogP contribution is -2.51. The molecule has 2 aromatic rings. The molecule has 0 unspecified atom stereocenters. The van der Waals surface area contributed by atoms with Crippen molar-refractivity contribution in [3.8, 4) is 5.75 Å². The van der Waals surface area contributed by atoms with Gasteiger partial charge in [-0.25, -0.2) is 4.79 Å². The van der Waals surface area contributed by atoms with Crippen molar-refractivity contribution in [2.45, 2.75) is 25.4 Å². The maximum Gasteiger partial charge on any atom is 0.328 e. The van der Waals surface area contributed by atoms with Crippen LogP contribution in [0.2, 0.25) is 0 Å². The number of hydrogen-bond acceptors (Lipinski definition) is 5. The van der Waals surface area contributed by atoms with Crippen LogP contribution in [0.3, 0.4) is 0 Å². The zero-order chi connectivity index (χ0) is 20.5. The standard InChI is InChI=1S/C21H24N2O5/c1-14(22-20(25)16-9-11-17(27-2)12-10-16)19(24)23-18(21(26)28-3)13-15-7-5-4-6-8-15/h4-12,14,18H,13H2,1-3H3,(H,22,25)(H,23,24)/t14-,18+/m0/s1. The van der Waals surface area contributed by atoms with Crippen LogP contribution in [0.4, 0.5) is 0 Å². The highest BCUT2D eigenvalue weighted by molar-refractivity contribution is 5.98. The number of carbonyl (C=O) groups excluding carboxylic acids is 3. The van der Waals surface area contributed by atoms with Crippen LogP contribution >= 0.6 is 0 Å². The van der Waals surface area contributed by atoms with Gasteiger partial charge in [-0.2, -0.15) is 0 Å². The quantitative estimate of drug-likeness (QED) is 0.676. The molecule has 0 radical (unpaired) electrons. The number of esters is 1. The topological polar surface area (TPSA) is 93.7 Å². The molecular formula is C21H24N2O5. The van der Waals surface area contributed by atoms with Crippen molar-refractivity contribution in [3.05, 3.63) is 65.7 Å². The van der Waals surface area contributed by atoms with Crippen LogP contribution in [0.1, 0.15) is 22.8 Å². The van der Waals surface area contributed by atoms with E-state index in [1.807, 2.05) is 30.3 Å². The molecule has 0 heterocycles. The summed E-state index contributed by atoms with van der Waals surface area (Å²) in [5.74, 6) is -0.800. The molecule has 2 N–H and O–H groups in total. The van der Waals surface area contributed by atoms with Crippen molar-refractivity contribution in [3.63, 3.8) is 0 Å². The Hall–Kier alpha value is -3.35. The fraction of sp³-hybridized carbons (Fsp3) is 0.286. The normalized spacial score (nSPS) is 12.4. The van der Waals surface area contributed by atoms with Crippen LogP contribution in [0.5, 0.6) is 5.75 Å². The van der Waals surface area contributed by atoms with E-state index in [2.05, 4.69) is 10.6 Å². The Morgan fingerprint density at radius 3 is 2.14 bits per heavy atom. The molecule has 0 fully saturated rings. The van der Waals surface area contributed by atoms with Crippen LogP contribution < -0.4 is 15.4 Å². The molecule has 0 saturated heterocycles. The van der Waals surface area contributed by atoms with E-state index in [9.17, 15) is 14.4 Å². The number of carbonyl (C=O) groups is 3. The number of hydrogen-bond donors (Lipinski definition) is 2. The van der Waals surface area contributed by atoms with Gasteiger partial charge in [-0.1, -0.05) is 30.3 Å². The van der Waals surface area contributed by atoms with Crippen LogP contribution in [-0.2, 0) is 20.7 Å². The summed E-state index contributed by atoms with van der Waals surface area (Å²) in [4.78, 5) is 36.8. The van der Waals surface area contributed by atoms with Crippen molar-refractivity contribution in [1.82, 2.24) is 10.6 Å². The smallest absolute Gasteiger partial charge is 0.328 e. The molecule has 28 heavy (non-hydrogen) atoms. The fourth-order valence-electron chi connectivity index (χ4n) is 2.57. The molecule has 2 rings (SSSR count). The molecule has 0 spiro atoms. The Bertz CT molecular complexity index is 805. The number of ether oxygens (including phenoxy) is 2. The summed E-state index contributed by atoms with van der Waals surface area (Å²) in [5, 5.41) is 5.26. The van der Waals surface area contributed by atoms with Crippen molar-refractivity contribution >= 4 is 17.8 Å². The van der Waals surface area contributed by atoms with E-state index in [1.54, 1.807) is 31.2 Å². The summed E-state index contributed by atoms with van der Waals surface area (Å²) in [6, 6.07) is 14.1. The maximum absolute atomic E-state index is 12.5. The highest BCUT2D eigenvalue weighted by atomic mass is 16.5. The van der Waals surface area contributed by atoms with Gasteiger partial charge < -0.3 is 20.1 Å². The van der Waals surface area contributed by atoms with Crippen molar-refractivity contribution in [2.24, 2.45) is 0 Å². The SMILES string of the molecule is COC(=O)[C@@H](Cc1ccccc1)NC(=O)[C@H](C)NC(=O)c1ccc(OC)cc1. The van der Waals surface area contributed by atoms with Crippen molar-refractivity contribution < 1.29 is 23.9 Å². The van der Waals surface area contributed by atoms with Gasteiger partial charge >= 0.3 is 5.97 Å². The summed E-state index contributed by atoms with van der Waals surface area (Å²) in [6.45, 7) is 1.55. The van der Waals surface area contributed by atoms with E-state index < -0.39 is 29.9 Å². The summed E-state index contributed by atoms with van der Waals surface area (Å²) >= 11 is 0. The number of rotatable bonds is 8. The third-order valence-electron chi connectivity index (χ3n) is 4.18. The Morgan fingerprint density at radius 2 is 1.57 bits per heavy atom. The second kappa shape index (κ2) is 10.1. The Balaban J connectivity index is 1.99. The molecule has 2 aromatic carbocycles. The highest BCUT2D eigenvalue weighted by Crippen LogP contribution is 2.11. The van der Waals surface area contributed by atoms with Crippen molar-refractivity contribution in [2.75, 3.05) is 14.2 Å². The van der Waals surface area contributed by atoms with Gasteiger partial charge in [0.25, 0.3) is 5.91 Å². The minimum Gasteiger partial charge on any atom is -0.497 e. The van der Waals surface area contributed by atoms with E-state index in [0.29, 0.717) is 17.7 Å². The van der Waals surface area contributed by atoms with E-state index in [4.69, 9.17) is 9.47 Å². The molecule has 0 saturated carbocycles.